The topological polar surface area (TPSA) is 154 Å². The second kappa shape index (κ2) is 10.1. The molecule has 10 heteroatoms. The minimum Gasteiger partial charge on any atom is -0.627 e. The quantitative estimate of drug-likeness (QED) is 0.149. The van der Waals surface area contributed by atoms with Crippen molar-refractivity contribution >= 4 is 35.2 Å². The fourth-order valence-electron chi connectivity index (χ4n) is 5.82. The summed E-state index contributed by atoms with van der Waals surface area (Å²) in [6, 6.07) is 10.2. The molecule has 5 rings (SSSR count). The van der Waals surface area contributed by atoms with E-state index in [4.69, 9.17) is 21.6 Å². The second-order valence-corrected chi connectivity index (χ2v) is 11.5. The van der Waals surface area contributed by atoms with Crippen molar-refractivity contribution in [2.75, 3.05) is 7.11 Å². The van der Waals surface area contributed by atoms with Crippen molar-refractivity contribution < 1.29 is 14.3 Å². The van der Waals surface area contributed by atoms with Crippen LogP contribution in [0.3, 0.4) is 0 Å². The van der Waals surface area contributed by atoms with Gasteiger partial charge in [0.25, 0.3) is 5.91 Å². The molecule has 2 aliphatic heterocycles. The molecule has 3 unspecified atom stereocenters. The number of nitrogen functional groups attached to an aromatic ring is 1. The number of amides is 1. The average Bonchev–Trinajstić information content (AvgIpc) is 3.45. The maximum absolute atomic E-state index is 14.9. The summed E-state index contributed by atoms with van der Waals surface area (Å²) in [4.78, 5) is 26.8. The number of nitrogens with zero attached hydrogens (tertiary/aromatic N) is 1. The number of ether oxygens (including phenoxy) is 1. The Morgan fingerprint density at radius 2 is 1.95 bits per heavy atom. The van der Waals surface area contributed by atoms with Crippen LogP contribution in [0, 0.1) is 10.6 Å². The van der Waals surface area contributed by atoms with Crippen LogP contribution in [0.4, 0.5) is 5.69 Å². The molecule has 1 saturated carbocycles. The van der Waals surface area contributed by atoms with Crippen molar-refractivity contribution in [3.8, 4) is 0 Å². The zero-order valence-electron chi connectivity index (χ0n) is 20.9. The molecule has 0 spiro atoms. The van der Waals surface area contributed by atoms with Crippen molar-refractivity contribution in [1.29, 1.82) is 5.41 Å². The lowest BCUT2D eigenvalue weighted by Gasteiger charge is -2.44. The molecule has 0 saturated heterocycles. The predicted octanol–water partition coefficient (Wildman–Crippen LogP) is 2.48. The van der Waals surface area contributed by atoms with Crippen molar-refractivity contribution in [3.63, 3.8) is 0 Å². The number of esters is 1. The molecular weight excluding hydrogens is 490 g/mol. The summed E-state index contributed by atoms with van der Waals surface area (Å²) >= 11 is 1.44. The lowest BCUT2D eigenvalue weighted by Crippen LogP contribution is -2.58. The predicted molar refractivity (Wildman–Crippen MR) is 144 cm³/mol. The lowest BCUT2D eigenvalue weighted by atomic mass is 9.91. The van der Waals surface area contributed by atoms with E-state index in [9.17, 15) is 14.8 Å². The van der Waals surface area contributed by atoms with Gasteiger partial charge in [-0.3, -0.25) is 15.0 Å². The summed E-state index contributed by atoms with van der Waals surface area (Å²) in [5.74, 6) is -0.676. The van der Waals surface area contributed by atoms with E-state index < -0.39 is 10.7 Å². The normalized spacial score (nSPS) is 28.3. The fourth-order valence-corrected chi connectivity index (χ4v) is 7.08. The fraction of sp³-hybridized carbons (Fsp3) is 0.444. The molecule has 37 heavy (non-hydrogen) atoms. The highest BCUT2D eigenvalue weighted by Gasteiger charge is 2.46. The molecule has 3 atom stereocenters. The van der Waals surface area contributed by atoms with E-state index in [0.29, 0.717) is 24.1 Å². The highest BCUT2D eigenvalue weighted by molar-refractivity contribution is 8.01. The van der Waals surface area contributed by atoms with Gasteiger partial charge >= 0.3 is 5.97 Å². The highest BCUT2D eigenvalue weighted by atomic mass is 32.2. The summed E-state index contributed by atoms with van der Waals surface area (Å²) in [6.07, 6.45) is 4.09. The van der Waals surface area contributed by atoms with Crippen molar-refractivity contribution in [1.82, 2.24) is 9.96 Å². The van der Waals surface area contributed by atoms with Crippen molar-refractivity contribution in [3.05, 3.63) is 63.9 Å². The molecule has 9 nitrogen and oxygen atoms in total. The highest BCUT2D eigenvalue weighted by Crippen LogP contribution is 2.44. The molecule has 0 radical (unpaired) electrons. The van der Waals surface area contributed by atoms with Gasteiger partial charge in [0.1, 0.15) is 23.3 Å². The second-order valence-electron chi connectivity index (χ2n) is 10.3. The molecule has 196 valence electrons. The zero-order valence-corrected chi connectivity index (χ0v) is 21.7. The van der Waals surface area contributed by atoms with E-state index in [1.165, 1.54) is 18.9 Å². The summed E-state index contributed by atoms with van der Waals surface area (Å²) in [5, 5.41) is 25.5. The van der Waals surface area contributed by atoms with Crippen molar-refractivity contribution in [2.45, 2.75) is 73.3 Å². The van der Waals surface area contributed by atoms with Gasteiger partial charge in [-0.1, -0.05) is 24.3 Å². The molecule has 3 aliphatic rings. The maximum atomic E-state index is 14.9. The molecule has 0 aromatic heterocycles. The van der Waals surface area contributed by atoms with Crippen LogP contribution in [0.2, 0.25) is 0 Å². The number of rotatable bonds is 6. The summed E-state index contributed by atoms with van der Waals surface area (Å²) in [5.41, 5.74) is 15.3. The van der Waals surface area contributed by atoms with E-state index in [2.05, 4.69) is 5.32 Å². The number of nitrogens with one attached hydrogen (secondary N) is 2. The van der Waals surface area contributed by atoms with Crippen LogP contribution in [0.5, 0.6) is 0 Å². The number of carbonyl (C=O) groups excluding carboxylic acids is 2. The van der Waals surface area contributed by atoms with Crippen LogP contribution in [-0.2, 0) is 33.7 Å². The first-order chi connectivity index (χ1) is 17.7. The SMILES string of the molecule is COC(=O)C1Cc2c(C[N+]3([O-])c4cc(C(=N)N)ccc4CC3C(=O)NC3CCC(N)CC3)cccc2S1. The minimum atomic E-state index is -0.867. The molecule has 0 bridgehead atoms. The maximum Gasteiger partial charge on any atom is 0.319 e. The van der Waals surface area contributed by atoms with E-state index in [1.807, 2.05) is 24.3 Å². The number of thioether (sulfide) groups is 1. The monoisotopic (exact) mass is 523 g/mol. The number of amidine groups is 1. The number of hydrogen-bond acceptors (Lipinski definition) is 7. The van der Waals surface area contributed by atoms with Gasteiger partial charge in [-0.15, -0.1) is 11.8 Å². The Morgan fingerprint density at radius 3 is 2.65 bits per heavy atom. The standard InChI is InChI=1S/C27H33N5O4S/c1-36-27(34)24-13-20-17(3-2-4-23(20)37-24)14-32(35)21-12-16(25(29)30)6-5-15(21)11-22(32)26(33)31-19-9-7-18(28)8-10-19/h2-6,12,18-19,22,24H,7-11,13-14,28H2,1H3,(H3,29,30)(H,31,33). The average molecular weight is 524 g/mol. The van der Waals surface area contributed by atoms with Gasteiger partial charge in [0.2, 0.25) is 0 Å². The lowest BCUT2D eigenvalue weighted by molar-refractivity contribution is -0.139. The Hall–Kier alpha value is -2.92. The van der Waals surface area contributed by atoms with Gasteiger partial charge in [0.15, 0.2) is 6.04 Å². The van der Waals surface area contributed by atoms with Gasteiger partial charge in [0.05, 0.1) is 7.11 Å². The van der Waals surface area contributed by atoms with Gasteiger partial charge in [-0.25, -0.2) is 0 Å². The number of carbonyl (C=O) groups is 2. The Balaban J connectivity index is 1.48. The van der Waals surface area contributed by atoms with Gasteiger partial charge in [-0.2, -0.15) is 0 Å². The third-order valence-corrected chi connectivity index (χ3v) is 9.18. The van der Waals surface area contributed by atoms with Crippen LogP contribution in [0.15, 0.2) is 41.3 Å². The van der Waals surface area contributed by atoms with Gasteiger partial charge in [-0.05, 0) is 43.7 Å². The first-order valence-corrected chi connectivity index (χ1v) is 13.6. The van der Waals surface area contributed by atoms with Crippen LogP contribution >= 0.6 is 11.8 Å². The van der Waals surface area contributed by atoms with Crippen LogP contribution < -0.4 is 21.4 Å². The summed E-state index contributed by atoms with van der Waals surface area (Å²) in [7, 11) is 1.38. The number of quaternary nitrogens is 1. The van der Waals surface area contributed by atoms with Crippen LogP contribution in [0.25, 0.3) is 0 Å². The Bertz CT molecular complexity index is 1250. The smallest absolute Gasteiger partial charge is 0.319 e. The number of methoxy groups -OCH3 is 1. The van der Waals surface area contributed by atoms with Crippen LogP contribution in [-0.4, -0.2) is 48.2 Å². The van der Waals surface area contributed by atoms with E-state index in [1.54, 1.807) is 12.1 Å². The zero-order chi connectivity index (χ0) is 26.3. The van der Waals surface area contributed by atoms with Gasteiger partial charge in [0, 0.05) is 46.2 Å². The van der Waals surface area contributed by atoms with E-state index in [0.717, 1.165) is 47.3 Å². The Morgan fingerprint density at radius 1 is 1.19 bits per heavy atom. The number of hydrogen-bond donors (Lipinski definition) is 4. The number of nitrogens with two attached hydrogens (primary N) is 2. The number of benzene rings is 2. The van der Waals surface area contributed by atoms with E-state index >= 15 is 0 Å². The molecule has 6 N–H and O–H groups in total. The molecule has 2 heterocycles. The largest absolute Gasteiger partial charge is 0.627 e. The Kier molecular flexibility index (Phi) is 7.01. The first-order valence-electron chi connectivity index (χ1n) is 12.7. The van der Waals surface area contributed by atoms with Crippen LogP contribution in [0.1, 0.15) is 47.9 Å². The molecule has 1 amide bonds. The van der Waals surface area contributed by atoms with E-state index in [-0.39, 0.29) is 41.6 Å². The third-order valence-electron chi connectivity index (χ3n) is 7.90. The molecule has 2 aromatic rings. The third kappa shape index (κ3) is 4.86. The summed E-state index contributed by atoms with van der Waals surface area (Å²) < 4.78 is 4.09. The summed E-state index contributed by atoms with van der Waals surface area (Å²) in [6.45, 7) is 0.0413. The molecular formula is C27H33N5O4S. The number of fused-ring (bicyclic) bond motifs is 2. The van der Waals surface area contributed by atoms with Crippen molar-refractivity contribution in [2.24, 2.45) is 11.5 Å². The number of hydroxylamine groups is 2. The minimum absolute atomic E-state index is 0.00966. The molecule has 1 fully saturated rings. The Labute approximate surface area is 220 Å². The molecule has 1 aliphatic carbocycles. The molecule has 2 aromatic carbocycles. The van der Waals surface area contributed by atoms with Gasteiger partial charge < -0.3 is 31.4 Å². The first kappa shape index (κ1) is 25.7.